The molecule has 6 heteroatoms. The normalized spacial score (nSPS) is 16.2. The van der Waals surface area contributed by atoms with Gasteiger partial charge in [-0.25, -0.2) is 4.98 Å². The number of rotatable bonds is 8. The van der Waals surface area contributed by atoms with E-state index in [1.165, 1.54) is 11.1 Å². The van der Waals surface area contributed by atoms with Gasteiger partial charge in [0.05, 0.1) is 30.6 Å². The largest absolute Gasteiger partial charge is 0.497 e. The Bertz CT molecular complexity index is 1310. The Morgan fingerprint density at radius 1 is 1.00 bits per heavy atom. The van der Waals surface area contributed by atoms with Crippen LogP contribution in [0, 0.1) is 5.92 Å². The molecule has 1 atom stereocenters. The van der Waals surface area contributed by atoms with Gasteiger partial charge < -0.3 is 14.6 Å². The third kappa shape index (κ3) is 5.44. The minimum atomic E-state index is -0.0241. The summed E-state index contributed by atoms with van der Waals surface area (Å²) in [6, 6.07) is 24.7. The number of methoxy groups -OCH3 is 1. The van der Waals surface area contributed by atoms with Gasteiger partial charge in [0, 0.05) is 18.8 Å². The molecule has 36 heavy (non-hydrogen) atoms. The van der Waals surface area contributed by atoms with Crippen LogP contribution in [0.3, 0.4) is 0 Å². The molecule has 1 N–H and O–H groups in total. The number of fused-ring (bicyclic) bond motifs is 1. The molecule has 3 aromatic carbocycles. The van der Waals surface area contributed by atoms with E-state index in [-0.39, 0.29) is 11.8 Å². The Hall–Kier alpha value is -3.64. The maximum absolute atomic E-state index is 13.1. The van der Waals surface area contributed by atoms with Gasteiger partial charge in [-0.3, -0.25) is 9.69 Å². The highest BCUT2D eigenvalue weighted by Gasteiger charge is 2.27. The third-order valence-electron chi connectivity index (χ3n) is 7.10. The monoisotopic (exact) mass is 482 g/mol. The Balaban J connectivity index is 1.30. The molecule has 0 spiro atoms. The Morgan fingerprint density at radius 3 is 2.50 bits per heavy atom. The van der Waals surface area contributed by atoms with Crippen molar-refractivity contribution in [2.45, 2.75) is 39.3 Å². The third-order valence-corrected chi connectivity index (χ3v) is 7.10. The van der Waals surface area contributed by atoms with Crippen LogP contribution in [0.15, 0.2) is 72.8 Å². The minimum absolute atomic E-state index is 0.0241. The zero-order chi connectivity index (χ0) is 24.9. The number of para-hydroxylation sites is 2. The lowest BCUT2D eigenvalue weighted by Gasteiger charge is -2.31. The number of hydrogen-bond donors (Lipinski definition) is 1. The predicted molar refractivity (Wildman–Crippen MR) is 144 cm³/mol. The molecule has 1 aromatic heterocycles. The summed E-state index contributed by atoms with van der Waals surface area (Å²) in [4.78, 5) is 20.4. The second kappa shape index (κ2) is 11.0. The molecule has 1 amide bonds. The van der Waals surface area contributed by atoms with E-state index in [0.717, 1.165) is 73.7 Å². The van der Waals surface area contributed by atoms with Gasteiger partial charge in [0.2, 0.25) is 5.91 Å². The smallest absolute Gasteiger partial charge is 0.228 e. The number of carbonyl (C=O) groups is 1. The van der Waals surface area contributed by atoms with E-state index in [4.69, 9.17) is 9.72 Å². The maximum atomic E-state index is 13.1. The first-order valence-electron chi connectivity index (χ1n) is 12.8. The Kier molecular flexibility index (Phi) is 7.33. The van der Waals surface area contributed by atoms with E-state index >= 15 is 0 Å². The number of nitrogens with one attached hydrogen (secondary N) is 1. The average Bonchev–Trinajstić information content (AvgIpc) is 3.26. The van der Waals surface area contributed by atoms with E-state index in [1.807, 2.05) is 30.3 Å². The first-order chi connectivity index (χ1) is 17.6. The summed E-state index contributed by atoms with van der Waals surface area (Å²) in [5, 5.41) is 3.13. The van der Waals surface area contributed by atoms with Crippen LogP contribution in [-0.4, -0.2) is 40.6 Å². The van der Waals surface area contributed by atoms with Gasteiger partial charge >= 0.3 is 0 Å². The molecule has 4 aromatic rings. The number of anilines is 1. The molecule has 0 radical (unpaired) electrons. The summed E-state index contributed by atoms with van der Waals surface area (Å²) < 4.78 is 7.62. The van der Waals surface area contributed by atoms with Crippen molar-refractivity contribution in [3.8, 4) is 5.75 Å². The summed E-state index contributed by atoms with van der Waals surface area (Å²) in [7, 11) is 1.69. The van der Waals surface area contributed by atoms with Crippen molar-refractivity contribution in [2.75, 3.05) is 25.5 Å². The molecule has 1 aliphatic heterocycles. The fraction of sp³-hybridized carbons (Fsp3) is 0.333. The van der Waals surface area contributed by atoms with Gasteiger partial charge in [0.1, 0.15) is 11.6 Å². The number of aromatic nitrogens is 2. The highest BCUT2D eigenvalue weighted by Crippen LogP contribution is 2.24. The van der Waals surface area contributed by atoms with Crippen molar-refractivity contribution in [1.82, 2.24) is 14.5 Å². The number of carbonyl (C=O) groups excluding carboxylic acids is 1. The molecule has 186 valence electrons. The standard InChI is InChI=1S/C30H34N4O2/c1-3-22-10-14-25(15-11-22)31-30(35)24-7-6-18-33(20-24)21-29-32-27-8-4-5-9-28(27)34(29)19-23-12-16-26(36-2)17-13-23/h4-5,8-17,24H,3,6-7,18-21H2,1-2H3,(H,31,35)/t24-/m1/s1. The topological polar surface area (TPSA) is 59.4 Å². The van der Waals surface area contributed by atoms with E-state index in [9.17, 15) is 4.79 Å². The lowest BCUT2D eigenvalue weighted by atomic mass is 9.97. The second-order valence-electron chi connectivity index (χ2n) is 9.56. The molecule has 0 bridgehead atoms. The summed E-state index contributed by atoms with van der Waals surface area (Å²) in [5.74, 6) is 1.97. The first kappa shape index (κ1) is 24.1. The molecule has 6 nitrogen and oxygen atoms in total. The molecule has 0 saturated carbocycles. The number of likely N-dealkylation sites (tertiary alicyclic amines) is 1. The van der Waals surface area contributed by atoms with E-state index in [1.54, 1.807) is 7.11 Å². The number of hydrogen-bond acceptors (Lipinski definition) is 4. The first-order valence-corrected chi connectivity index (χ1v) is 12.8. The van der Waals surface area contributed by atoms with E-state index < -0.39 is 0 Å². The molecular formula is C30H34N4O2. The number of imidazole rings is 1. The summed E-state index contributed by atoms with van der Waals surface area (Å²) in [6.45, 7) is 5.31. The molecule has 1 aliphatic rings. The van der Waals surface area contributed by atoms with E-state index in [0.29, 0.717) is 0 Å². The number of benzene rings is 3. The van der Waals surface area contributed by atoms with Crippen LogP contribution in [0.4, 0.5) is 5.69 Å². The number of nitrogens with zero attached hydrogens (tertiary/aromatic N) is 3. The van der Waals surface area contributed by atoms with Gasteiger partial charge in [-0.15, -0.1) is 0 Å². The lowest BCUT2D eigenvalue weighted by Crippen LogP contribution is -2.40. The van der Waals surface area contributed by atoms with Crippen molar-refractivity contribution < 1.29 is 9.53 Å². The van der Waals surface area contributed by atoms with Crippen molar-refractivity contribution in [2.24, 2.45) is 5.92 Å². The van der Waals surface area contributed by atoms with Crippen molar-refractivity contribution >= 4 is 22.6 Å². The zero-order valence-electron chi connectivity index (χ0n) is 21.1. The predicted octanol–water partition coefficient (Wildman–Crippen LogP) is 5.51. The zero-order valence-corrected chi connectivity index (χ0v) is 21.1. The molecule has 0 aliphatic carbocycles. The summed E-state index contributed by atoms with van der Waals surface area (Å²) in [5.41, 5.74) is 5.48. The quantitative estimate of drug-likeness (QED) is 0.360. The maximum Gasteiger partial charge on any atom is 0.228 e. The SMILES string of the molecule is CCc1ccc(NC(=O)[C@@H]2CCCN(Cc3nc4ccccc4n3Cc3ccc(OC)cc3)C2)cc1. The molecule has 1 saturated heterocycles. The summed E-state index contributed by atoms with van der Waals surface area (Å²) in [6.07, 6.45) is 2.91. The molecule has 0 unspecified atom stereocenters. The van der Waals surface area contributed by atoms with Crippen LogP contribution in [0.25, 0.3) is 11.0 Å². The van der Waals surface area contributed by atoms with Gasteiger partial charge in [0.25, 0.3) is 0 Å². The number of ether oxygens (including phenoxy) is 1. The van der Waals surface area contributed by atoms with Crippen LogP contribution >= 0.6 is 0 Å². The molecule has 1 fully saturated rings. The lowest BCUT2D eigenvalue weighted by molar-refractivity contribution is -0.121. The Morgan fingerprint density at radius 2 is 1.75 bits per heavy atom. The second-order valence-corrected chi connectivity index (χ2v) is 9.56. The molecule has 5 rings (SSSR count). The van der Waals surface area contributed by atoms with Crippen molar-refractivity contribution in [3.63, 3.8) is 0 Å². The van der Waals surface area contributed by atoms with E-state index in [2.05, 4.69) is 64.2 Å². The number of amides is 1. The molecule has 2 heterocycles. The van der Waals surface area contributed by atoms with Crippen molar-refractivity contribution in [1.29, 1.82) is 0 Å². The van der Waals surface area contributed by atoms with Crippen LogP contribution in [0.2, 0.25) is 0 Å². The van der Waals surface area contributed by atoms with Gasteiger partial charge in [-0.05, 0) is 73.3 Å². The molecular weight excluding hydrogens is 448 g/mol. The van der Waals surface area contributed by atoms with Crippen LogP contribution < -0.4 is 10.1 Å². The fourth-order valence-corrected chi connectivity index (χ4v) is 5.02. The average molecular weight is 483 g/mol. The van der Waals surface area contributed by atoms with Crippen LogP contribution in [0.5, 0.6) is 5.75 Å². The highest BCUT2D eigenvalue weighted by molar-refractivity contribution is 5.92. The number of aryl methyl sites for hydroxylation is 1. The van der Waals surface area contributed by atoms with Gasteiger partial charge in [-0.2, -0.15) is 0 Å². The van der Waals surface area contributed by atoms with Crippen molar-refractivity contribution in [3.05, 3.63) is 89.7 Å². The summed E-state index contributed by atoms with van der Waals surface area (Å²) >= 11 is 0. The highest BCUT2D eigenvalue weighted by atomic mass is 16.5. The minimum Gasteiger partial charge on any atom is -0.497 e. The van der Waals surface area contributed by atoms with Crippen LogP contribution in [0.1, 0.15) is 36.7 Å². The Labute approximate surface area is 212 Å². The van der Waals surface area contributed by atoms with Gasteiger partial charge in [-0.1, -0.05) is 43.3 Å². The van der Waals surface area contributed by atoms with Gasteiger partial charge in [0.15, 0.2) is 0 Å². The van der Waals surface area contributed by atoms with Crippen LogP contribution in [-0.2, 0) is 24.3 Å². The fourth-order valence-electron chi connectivity index (χ4n) is 5.02. The number of piperidine rings is 1.